The molecule has 0 saturated carbocycles. The maximum atomic E-state index is 13.4. The topological polar surface area (TPSA) is 158 Å². The normalized spacial score (nSPS) is 12.4. The SMILES string of the molecule is CN=Cc1[nH]c(=O)c(-c2nc3ccc(C(=O)N(C)C)cc3[nH]2)c(N[C@H](c2ncccn2)C(C)C)c1N. The van der Waals surface area contributed by atoms with E-state index in [1.165, 1.54) is 11.1 Å². The summed E-state index contributed by atoms with van der Waals surface area (Å²) in [6.45, 7) is 4.05. The van der Waals surface area contributed by atoms with E-state index >= 15 is 0 Å². The number of rotatable bonds is 7. The lowest BCUT2D eigenvalue weighted by atomic mass is 10.0. The fourth-order valence-corrected chi connectivity index (χ4v) is 3.92. The molecule has 0 aliphatic carbocycles. The molecule has 3 aromatic heterocycles. The van der Waals surface area contributed by atoms with Crippen LogP contribution in [0.15, 0.2) is 46.4 Å². The third-order valence-electron chi connectivity index (χ3n) is 5.75. The van der Waals surface area contributed by atoms with Crippen molar-refractivity contribution in [3.63, 3.8) is 0 Å². The Balaban J connectivity index is 1.90. The van der Waals surface area contributed by atoms with Crippen molar-refractivity contribution in [3.8, 4) is 11.4 Å². The van der Waals surface area contributed by atoms with Gasteiger partial charge in [0.15, 0.2) is 5.82 Å². The van der Waals surface area contributed by atoms with Gasteiger partial charge in [0.1, 0.15) is 11.4 Å². The largest absolute Gasteiger partial charge is 0.395 e. The van der Waals surface area contributed by atoms with E-state index in [1.54, 1.807) is 57.8 Å². The smallest absolute Gasteiger partial charge is 0.261 e. The maximum Gasteiger partial charge on any atom is 0.261 e. The Morgan fingerprint density at radius 2 is 1.92 bits per heavy atom. The van der Waals surface area contributed by atoms with Crippen molar-refractivity contribution in [2.75, 3.05) is 32.2 Å². The van der Waals surface area contributed by atoms with E-state index < -0.39 is 5.56 Å². The summed E-state index contributed by atoms with van der Waals surface area (Å²) in [5, 5.41) is 3.41. The molecule has 3 heterocycles. The lowest BCUT2D eigenvalue weighted by Gasteiger charge is -2.24. The van der Waals surface area contributed by atoms with E-state index in [-0.39, 0.29) is 23.4 Å². The van der Waals surface area contributed by atoms with Crippen LogP contribution in [0.1, 0.15) is 41.8 Å². The zero-order chi connectivity index (χ0) is 26.0. The van der Waals surface area contributed by atoms with Crippen molar-refractivity contribution in [2.24, 2.45) is 10.9 Å². The molecule has 0 unspecified atom stereocenters. The first-order valence-corrected chi connectivity index (χ1v) is 11.4. The van der Waals surface area contributed by atoms with Crippen molar-refractivity contribution < 1.29 is 4.79 Å². The number of aliphatic imine (C=N–C) groups is 1. The highest BCUT2D eigenvalue weighted by molar-refractivity contribution is 5.98. The Bertz CT molecular complexity index is 1490. The standard InChI is InChI=1S/C25H29N9O2/c1-13(2)20(23-28-9-6-10-29-23)33-21-18(24(35)32-17(12-27-3)19(21)26)22-30-15-8-7-14(11-16(15)31-22)25(36)34(4)5/h6-13,20H,26H2,1-5H3,(H,30,31)(H2,32,33,35)/t20-/m0/s1. The van der Waals surface area contributed by atoms with Gasteiger partial charge in [-0.15, -0.1) is 0 Å². The number of hydrogen-bond donors (Lipinski definition) is 4. The molecule has 1 aromatic carbocycles. The van der Waals surface area contributed by atoms with Crippen LogP contribution < -0.4 is 16.6 Å². The van der Waals surface area contributed by atoms with Gasteiger partial charge in [-0.1, -0.05) is 13.8 Å². The molecule has 4 aromatic rings. The molecule has 0 fully saturated rings. The molecule has 0 radical (unpaired) electrons. The predicted molar refractivity (Wildman–Crippen MR) is 141 cm³/mol. The highest BCUT2D eigenvalue weighted by Crippen LogP contribution is 2.35. The molecule has 0 bridgehead atoms. The maximum absolute atomic E-state index is 13.4. The van der Waals surface area contributed by atoms with Gasteiger partial charge < -0.3 is 25.9 Å². The number of pyridine rings is 1. The van der Waals surface area contributed by atoms with E-state index in [0.29, 0.717) is 45.3 Å². The number of aromatic amines is 2. The summed E-state index contributed by atoms with van der Waals surface area (Å²) in [6.07, 6.45) is 4.83. The summed E-state index contributed by atoms with van der Waals surface area (Å²) in [7, 11) is 4.97. The third kappa shape index (κ3) is 4.67. The number of hydrogen-bond acceptors (Lipinski definition) is 8. The van der Waals surface area contributed by atoms with Crippen LogP contribution in [-0.2, 0) is 0 Å². The Labute approximate surface area is 207 Å². The van der Waals surface area contributed by atoms with Crippen molar-refractivity contribution in [1.82, 2.24) is 29.8 Å². The summed E-state index contributed by atoms with van der Waals surface area (Å²) in [6, 6.07) is 6.56. The van der Waals surface area contributed by atoms with Crippen LogP contribution >= 0.6 is 0 Å². The highest BCUT2D eigenvalue weighted by Gasteiger charge is 2.25. The van der Waals surface area contributed by atoms with Crippen LogP contribution in [0, 0.1) is 5.92 Å². The molecule has 0 aliphatic heterocycles. The number of nitrogens with zero attached hydrogens (tertiary/aromatic N) is 5. The number of amides is 1. The van der Waals surface area contributed by atoms with Crippen LogP contribution in [0.3, 0.4) is 0 Å². The van der Waals surface area contributed by atoms with Crippen molar-refractivity contribution in [1.29, 1.82) is 0 Å². The van der Waals surface area contributed by atoms with Gasteiger partial charge >= 0.3 is 0 Å². The fourth-order valence-electron chi connectivity index (χ4n) is 3.92. The van der Waals surface area contributed by atoms with E-state index in [2.05, 4.69) is 35.2 Å². The number of carbonyl (C=O) groups is 1. The first-order valence-electron chi connectivity index (χ1n) is 11.4. The first kappa shape index (κ1) is 24.6. The molecule has 36 heavy (non-hydrogen) atoms. The van der Waals surface area contributed by atoms with Crippen molar-refractivity contribution in [2.45, 2.75) is 19.9 Å². The molecular weight excluding hydrogens is 458 g/mol. The molecule has 186 valence electrons. The quantitative estimate of drug-likeness (QED) is 0.292. The molecule has 5 N–H and O–H groups in total. The number of aromatic nitrogens is 5. The van der Waals surface area contributed by atoms with Gasteiger partial charge in [-0.25, -0.2) is 15.0 Å². The number of benzene rings is 1. The fraction of sp³-hybridized carbons (Fsp3) is 0.280. The minimum atomic E-state index is -0.401. The second-order valence-electron chi connectivity index (χ2n) is 8.91. The average molecular weight is 488 g/mol. The van der Waals surface area contributed by atoms with Gasteiger partial charge in [-0.3, -0.25) is 14.6 Å². The van der Waals surface area contributed by atoms with Crippen LogP contribution in [0.2, 0.25) is 0 Å². The van der Waals surface area contributed by atoms with Crippen LogP contribution in [0.25, 0.3) is 22.4 Å². The lowest BCUT2D eigenvalue weighted by Crippen LogP contribution is -2.24. The average Bonchev–Trinajstić information content (AvgIpc) is 3.27. The number of carbonyl (C=O) groups excluding carboxylic acids is 1. The highest BCUT2D eigenvalue weighted by atomic mass is 16.2. The summed E-state index contributed by atoms with van der Waals surface area (Å²) >= 11 is 0. The van der Waals surface area contributed by atoms with Crippen LogP contribution in [0.4, 0.5) is 11.4 Å². The summed E-state index contributed by atoms with van der Waals surface area (Å²) in [5.74, 6) is 0.813. The number of nitrogen functional groups attached to an aromatic ring is 1. The summed E-state index contributed by atoms with van der Waals surface area (Å²) < 4.78 is 0. The number of nitrogens with two attached hydrogens (primary N) is 1. The predicted octanol–water partition coefficient (Wildman–Crippen LogP) is 2.85. The van der Waals surface area contributed by atoms with Gasteiger partial charge in [0, 0.05) is 45.3 Å². The second kappa shape index (κ2) is 9.98. The molecule has 0 saturated heterocycles. The summed E-state index contributed by atoms with van der Waals surface area (Å²) in [5.41, 5.74) is 9.17. The molecule has 1 atom stereocenters. The van der Waals surface area contributed by atoms with E-state index in [1.807, 2.05) is 13.8 Å². The Hall–Kier alpha value is -4.54. The number of H-pyrrole nitrogens is 2. The summed E-state index contributed by atoms with van der Waals surface area (Å²) in [4.78, 5) is 50.7. The van der Waals surface area contributed by atoms with Crippen molar-refractivity contribution in [3.05, 3.63) is 64.1 Å². The van der Waals surface area contributed by atoms with Crippen LogP contribution in [0.5, 0.6) is 0 Å². The second-order valence-corrected chi connectivity index (χ2v) is 8.91. The molecule has 1 amide bonds. The zero-order valence-corrected chi connectivity index (χ0v) is 20.8. The van der Waals surface area contributed by atoms with Crippen molar-refractivity contribution >= 4 is 34.5 Å². The molecule has 11 nitrogen and oxygen atoms in total. The van der Waals surface area contributed by atoms with Gasteiger partial charge in [0.05, 0.1) is 34.1 Å². The molecule has 11 heteroatoms. The number of fused-ring (bicyclic) bond motifs is 1. The van der Waals surface area contributed by atoms with Crippen LogP contribution in [-0.4, -0.2) is 63.1 Å². The molecule has 0 spiro atoms. The zero-order valence-electron chi connectivity index (χ0n) is 20.8. The first-order chi connectivity index (χ1) is 17.2. The monoisotopic (exact) mass is 487 g/mol. The van der Waals surface area contributed by atoms with E-state index in [0.717, 1.165) is 0 Å². The third-order valence-corrected chi connectivity index (χ3v) is 5.75. The minimum Gasteiger partial charge on any atom is -0.395 e. The van der Waals surface area contributed by atoms with E-state index in [4.69, 9.17) is 5.73 Å². The molecule has 4 rings (SSSR count). The van der Waals surface area contributed by atoms with Gasteiger partial charge in [-0.05, 0) is 30.2 Å². The van der Waals surface area contributed by atoms with Gasteiger partial charge in [0.2, 0.25) is 0 Å². The van der Waals surface area contributed by atoms with Gasteiger partial charge in [0.25, 0.3) is 11.5 Å². The molecule has 0 aliphatic rings. The Morgan fingerprint density at radius 1 is 1.19 bits per heavy atom. The molecular formula is C25H29N9O2. The lowest BCUT2D eigenvalue weighted by molar-refractivity contribution is 0.0827. The van der Waals surface area contributed by atoms with E-state index in [9.17, 15) is 9.59 Å². The number of imidazole rings is 1. The number of nitrogens with one attached hydrogen (secondary N) is 3. The Morgan fingerprint density at radius 3 is 2.56 bits per heavy atom. The Kier molecular flexibility index (Phi) is 6.82. The minimum absolute atomic E-state index is 0.0671. The van der Waals surface area contributed by atoms with Gasteiger partial charge in [-0.2, -0.15) is 0 Å². The number of anilines is 2.